The molecule has 0 aliphatic carbocycles. The minimum absolute atomic E-state index is 0.199. The van der Waals surface area contributed by atoms with Crippen LogP contribution in [0.3, 0.4) is 0 Å². The first-order valence-corrected chi connectivity index (χ1v) is 5.35. The van der Waals surface area contributed by atoms with Gasteiger partial charge in [-0.2, -0.15) is 0 Å². The molecule has 2 rings (SSSR count). The summed E-state index contributed by atoms with van der Waals surface area (Å²) in [7, 11) is 0. The number of halogens is 2. The molecule has 0 spiro atoms. The van der Waals surface area contributed by atoms with Crippen LogP contribution in [0.1, 0.15) is 25.3 Å². The standard InChI is InChI=1S/C12H14F2O2/c1-2-12(6-9(15)7-16-12)10-4-3-8(13)5-11(10)14/h3-5,9,15H,2,6-7H2,1H3. The molecule has 4 heteroatoms. The van der Waals surface area contributed by atoms with E-state index in [9.17, 15) is 13.9 Å². The Kier molecular flexibility index (Phi) is 2.95. The van der Waals surface area contributed by atoms with E-state index < -0.39 is 23.3 Å². The van der Waals surface area contributed by atoms with Gasteiger partial charge in [-0.15, -0.1) is 0 Å². The quantitative estimate of drug-likeness (QED) is 0.842. The van der Waals surface area contributed by atoms with Gasteiger partial charge in [0.25, 0.3) is 0 Å². The van der Waals surface area contributed by atoms with Gasteiger partial charge in [-0.3, -0.25) is 0 Å². The fraction of sp³-hybridized carbons (Fsp3) is 0.500. The Bertz CT molecular complexity index is 395. The lowest BCUT2D eigenvalue weighted by Gasteiger charge is -2.27. The van der Waals surface area contributed by atoms with Crippen molar-refractivity contribution in [3.63, 3.8) is 0 Å². The lowest BCUT2D eigenvalue weighted by atomic mass is 9.87. The third kappa shape index (κ3) is 1.83. The molecule has 1 heterocycles. The van der Waals surface area contributed by atoms with Crippen LogP contribution in [0.15, 0.2) is 18.2 Å². The Morgan fingerprint density at radius 2 is 2.25 bits per heavy atom. The summed E-state index contributed by atoms with van der Waals surface area (Å²) in [4.78, 5) is 0. The van der Waals surface area contributed by atoms with E-state index in [1.165, 1.54) is 12.1 Å². The molecule has 0 aromatic heterocycles. The Morgan fingerprint density at radius 1 is 1.50 bits per heavy atom. The maximum Gasteiger partial charge on any atom is 0.132 e. The second kappa shape index (κ2) is 4.11. The Balaban J connectivity index is 2.41. The zero-order valence-electron chi connectivity index (χ0n) is 9.04. The van der Waals surface area contributed by atoms with E-state index in [2.05, 4.69) is 0 Å². The molecule has 0 saturated carbocycles. The second-order valence-corrected chi connectivity index (χ2v) is 4.14. The van der Waals surface area contributed by atoms with Gasteiger partial charge in [-0.05, 0) is 12.5 Å². The fourth-order valence-corrected chi connectivity index (χ4v) is 2.24. The van der Waals surface area contributed by atoms with Gasteiger partial charge in [0, 0.05) is 18.1 Å². The average Bonchev–Trinajstić information content (AvgIpc) is 2.61. The van der Waals surface area contributed by atoms with E-state index >= 15 is 0 Å². The maximum atomic E-state index is 13.7. The maximum absolute atomic E-state index is 13.7. The van der Waals surface area contributed by atoms with Crippen LogP contribution < -0.4 is 0 Å². The zero-order chi connectivity index (χ0) is 11.8. The molecule has 1 aromatic carbocycles. The van der Waals surface area contributed by atoms with Crippen molar-refractivity contribution in [3.8, 4) is 0 Å². The largest absolute Gasteiger partial charge is 0.391 e. The van der Waals surface area contributed by atoms with Crippen LogP contribution in [-0.2, 0) is 10.3 Å². The number of hydrogen-bond donors (Lipinski definition) is 1. The average molecular weight is 228 g/mol. The molecule has 0 amide bonds. The molecule has 1 saturated heterocycles. The normalized spacial score (nSPS) is 29.6. The van der Waals surface area contributed by atoms with Crippen molar-refractivity contribution in [2.75, 3.05) is 6.61 Å². The van der Waals surface area contributed by atoms with E-state index in [0.717, 1.165) is 6.07 Å². The molecule has 2 unspecified atom stereocenters. The van der Waals surface area contributed by atoms with Crippen LogP contribution in [0.4, 0.5) is 8.78 Å². The highest BCUT2D eigenvalue weighted by Crippen LogP contribution is 2.40. The Labute approximate surface area is 92.9 Å². The molecule has 0 bridgehead atoms. The molecule has 1 N–H and O–H groups in total. The number of aliphatic hydroxyl groups excluding tert-OH is 1. The molecule has 1 aromatic rings. The molecular weight excluding hydrogens is 214 g/mol. The molecule has 1 fully saturated rings. The first-order valence-electron chi connectivity index (χ1n) is 5.35. The third-order valence-corrected chi connectivity index (χ3v) is 3.11. The van der Waals surface area contributed by atoms with Crippen molar-refractivity contribution < 1.29 is 18.6 Å². The molecule has 16 heavy (non-hydrogen) atoms. The number of aliphatic hydroxyl groups is 1. The van der Waals surface area contributed by atoms with E-state index in [4.69, 9.17) is 4.74 Å². The topological polar surface area (TPSA) is 29.5 Å². The number of ether oxygens (including phenoxy) is 1. The van der Waals surface area contributed by atoms with E-state index in [1.54, 1.807) is 0 Å². The zero-order valence-corrected chi connectivity index (χ0v) is 9.04. The van der Waals surface area contributed by atoms with Gasteiger partial charge in [-0.25, -0.2) is 8.78 Å². The molecular formula is C12H14F2O2. The number of benzene rings is 1. The van der Waals surface area contributed by atoms with Crippen molar-refractivity contribution in [2.45, 2.75) is 31.5 Å². The minimum atomic E-state index is -0.808. The van der Waals surface area contributed by atoms with Crippen molar-refractivity contribution in [1.29, 1.82) is 0 Å². The molecule has 2 atom stereocenters. The number of hydrogen-bond acceptors (Lipinski definition) is 2. The summed E-state index contributed by atoms with van der Waals surface area (Å²) in [6.45, 7) is 2.06. The van der Waals surface area contributed by atoms with Crippen LogP contribution in [-0.4, -0.2) is 17.8 Å². The summed E-state index contributed by atoms with van der Waals surface area (Å²) in [5.74, 6) is -1.22. The van der Waals surface area contributed by atoms with E-state index in [0.29, 0.717) is 18.4 Å². The van der Waals surface area contributed by atoms with Crippen molar-refractivity contribution >= 4 is 0 Å². The van der Waals surface area contributed by atoms with Gasteiger partial charge in [-0.1, -0.05) is 13.0 Å². The SMILES string of the molecule is CCC1(c2ccc(F)cc2F)CC(O)CO1. The number of rotatable bonds is 2. The third-order valence-electron chi connectivity index (χ3n) is 3.11. The highest BCUT2D eigenvalue weighted by molar-refractivity contribution is 5.26. The molecule has 88 valence electrons. The summed E-state index contributed by atoms with van der Waals surface area (Å²) in [6.07, 6.45) is 0.322. The van der Waals surface area contributed by atoms with Gasteiger partial charge in [0.2, 0.25) is 0 Å². The van der Waals surface area contributed by atoms with Crippen LogP contribution in [0.25, 0.3) is 0 Å². The van der Waals surface area contributed by atoms with Crippen molar-refractivity contribution in [2.24, 2.45) is 0 Å². The van der Waals surface area contributed by atoms with Crippen molar-refractivity contribution in [1.82, 2.24) is 0 Å². The Hall–Kier alpha value is -1.00. The lowest BCUT2D eigenvalue weighted by molar-refractivity contribution is -0.00856. The summed E-state index contributed by atoms with van der Waals surface area (Å²) < 4.78 is 32.0. The van der Waals surface area contributed by atoms with Crippen molar-refractivity contribution in [3.05, 3.63) is 35.4 Å². The van der Waals surface area contributed by atoms with Crippen LogP contribution in [0.5, 0.6) is 0 Å². The van der Waals surface area contributed by atoms with Gasteiger partial charge < -0.3 is 9.84 Å². The summed E-state index contributed by atoms with van der Waals surface area (Å²) in [5.41, 5.74) is -0.482. The second-order valence-electron chi connectivity index (χ2n) is 4.14. The van der Waals surface area contributed by atoms with Gasteiger partial charge in [0.1, 0.15) is 11.6 Å². The lowest BCUT2D eigenvalue weighted by Crippen LogP contribution is -2.26. The molecule has 1 aliphatic heterocycles. The first-order chi connectivity index (χ1) is 7.57. The van der Waals surface area contributed by atoms with Gasteiger partial charge >= 0.3 is 0 Å². The van der Waals surface area contributed by atoms with Crippen LogP contribution in [0, 0.1) is 11.6 Å². The van der Waals surface area contributed by atoms with E-state index in [-0.39, 0.29) is 6.61 Å². The first kappa shape index (κ1) is 11.5. The predicted molar refractivity (Wildman–Crippen MR) is 54.9 cm³/mol. The van der Waals surface area contributed by atoms with Gasteiger partial charge in [0.05, 0.1) is 18.3 Å². The predicted octanol–water partition coefficient (Wildman–Crippen LogP) is 2.35. The smallest absolute Gasteiger partial charge is 0.132 e. The van der Waals surface area contributed by atoms with Crippen LogP contribution >= 0.6 is 0 Å². The monoisotopic (exact) mass is 228 g/mol. The summed E-state index contributed by atoms with van der Waals surface area (Å²) >= 11 is 0. The summed E-state index contributed by atoms with van der Waals surface area (Å²) in [5, 5.41) is 9.48. The summed E-state index contributed by atoms with van der Waals surface area (Å²) in [6, 6.07) is 3.46. The molecule has 0 radical (unpaired) electrons. The van der Waals surface area contributed by atoms with E-state index in [1.807, 2.05) is 6.92 Å². The van der Waals surface area contributed by atoms with Crippen LogP contribution in [0.2, 0.25) is 0 Å². The Morgan fingerprint density at radius 3 is 2.75 bits per heavy atom. The van der Waals surface area contributed by atoms with Gasteiger partial charge in [0.15, 0.2) is 0 Å². The molecule has 1 aliphatic rings. The molecule has 2 nitrogen and oxygen atoms in total. The minimum Gasteiger partial charge on any atom is -0.391 e. The highest BCUT2D eigenvalue weighted by Gasteiger charge is 2.41. The highest BCUT2D eigenvalue weighted by atomic mass is 19.1. The fourth-order valence-electron chi connectivity index (χ4n) is 2.24.